The monoisotopic (exact) mass is 265 g/mol. The Hall–Kier alpha value is -0.930. The second-order valence-electron chi connectivity index (χ2n) is 5.73. The van der Waals surface area contributed by atoms with Crippen LogP contribution in [0.1, 0.15) is 30.9 Å². The van der Waals surface area contributed by atoms with Gasteiger partial charge >= 0.3 is 0 Å². The lowest BCUT2D eigenvalue weighted by Crippen LogP contribution is -2.37. The van der Waals surface area contributed by atoms with Crippen molar-refractivity contribution >= 4 is 0 Å². The van der Waals surface area contributed by atoms with Crippen molar-refractivity contribution in [3.63, 3.8) is 0 Å². The maximum Gasteiger partial charge on any atom is 0.123 e. The van der Waals surface area contributed by atoms with Gasteiger partial charge in [0.2, 0.25) is 0 Å². The molecule has 1 saturated heterocycles. The summed E-state index contributed by atoms with van der Waals surface area (Å²) in [5, 5.41) is 3.51. The Bertz CT molecular complexity index is 413. The molecule has 1 aliphatic heterocycles. The maximum atomic E-state index is 13.2. The van der Waals surface area contributed by atoms with Gasteiger partial charge in [0.25, 0.3) is 0 Å². The third-order valence-electron chi connectivity index (χ3n) is 3.98. The van der Waals surface area contributed by atoms with Crippen LogP contribution in [0.4, 0.5) is 4.39 Å². The minimum Gasteiger partial charge on any atom is -0.381 e. The number of aryl methyl sites for hydroxylation is 1. The lowest BCUT2D eigenvalue weighted by Gasteiger charge is -2.28. The highest BCUT2D eigenvalue weighted by atomic mass is 19.1. The van der Waals surface area contributed by atoms with Crippen LogP contribution in [0.5, 0.6) is 0 Å². The van der Waals surface area contributed by atoms with Crippen LogP contribution in [0.2, 0.25) is 0 Å². The number of halogens is 1. The van der Waals surface area contributed by atoms with Crippen molar-refractivity contribution in [2.45, 2.75) is 33.1 Å². The average Bonchev–Trinajstić information content (AvgIpc) is 2.82. The standard InChI is InChI=1S/C16H24FNO/c1-3-7-18-11-16(6-8-19-12-16)10-14-4-5-15(17)9-13(14)2/h4-5,9,18H,3,6-8,10-12H2,1-2H3. The predicted molar refractivity (Wildman–Crippen MR) is 75.9 cm³/mol. The molecular formula is C16H24FNO. The van der Waals surface area contributed by atoms with Crippen LogP contribution in [0.3, 0.4) is 0 Å². The van der Waals surface area contributed by atoms with E-state index in [-0.39, 0.29) is 11.2 Å². The molecule has 0 aromatic heterocycles. The number of nitrogens with one attached hydrogen (secondary N) is 1. The van der Waals surface area contributed by atoms with Crippen molar-refractivity contribution in [2.24, 2.45) is 5.41 Å². The van der Waals surface area contributed by atoms with E-state index < -0.39 is 0 Å². The molecule has 2 rings (SSSR count). The molecular weight excluding hydrogens is 241 g/mol. The van der Waals surface area contributed by atoms with Gasteiger partial charge in [-0.1, -0.05) is 13.0 Å². The fourth-order valence-electron chi connectivity index (χ4n) is 2.78. The maximum absolute atomic E-state index is 13.2. The number of rotatable bonds is 6. The van der Waals surface area contributed by atoms with E-state index in [1.54, 1.807) is 12.1 Å². The Morgan fingerprint density at radius 3 is 2.89 bits per heavy atom. The Kier molecular flexibility index (Phi) is 4.94. The number of benzene rings is 1. The molecule has 1 heterocycles. The van der Waals surface area contributed by atoms with Crippen LogP contribution in [0, 0.1) is 18.2 Å². The van der Waals surface area contributed by atoms with Gasteiger partial charge in [-0.15, -0.1) is 0 Å². The molecule has 1 unspecified atom stereocenters. The number of hydrogen-bond acceptors (Lipinski definition) is 2. The summed E-state index contributed by atoms with van der Waals surface area (Å²) in [6.45, 7) is 7.84. The van der Waals surface area contributed by atoms with Crippen molar-refractivity contribution in [3.05, 3.63) is 35.1 Å². The van der Waals surface area contributed by atoms with Crippen molar-refractivity contribution in [2.75, 3.05) is 26.3 Å². The van der Waals surface area contributed by atoms with Gasteiger partial charge in [-0.2, -0.15) is 0 Å². The van der Waals surface area contributed by atoms with Gasteiger partial charge in [-0.05, 0) is 56.0 Å². The van der Waals surface area contributed by atoms with Gasteiger partial charge in [-0.3, -0.25) is 0 Å². The van der Waals surface area contributed by atoms with Crippen LogP contribution in [0.15, 0.2) is 18.2 Å². The van der Waals surface area contributed by atoms with Gasteiger partial charge in [0.15, 0.2) is 0 Å². The molecule has 0 saturated carbocycles. The first kappa shape index (κ1) is 14.5. The van der Waals surface area contributed by atoms with E-state index in [0.717, 1.165) is 51.1 Å². The number of ether oxygens (including phenoxy) is 1. The molecule has 1 aromatic rings. The van der Waals surface area contributed by atoms with Gasteiger partial charge in [0, 0.05) is 18.6 Å². The first-order valence-electron chi connectivity index (χ1n) is 7.19. The molecule has 1 fully saturated rings. The van der Waals surface area contributed by atoms with Gasteiger partial charge < -0.3 is 10.1 Å². The van der Waals surface area contributed by atoms with Crippen LogP contribution in [-0.4, -0.2) is 26.3 Å². The van der Waals surface area contributed by atoms with Crippen LogP contribution in [0.25, 0.3) is 0 Å². The smallest absolute Gasteiger partial charge is 0.123 e. The normalized spacial score (nSPS) is 22.9. The quantitative estimate of drug-likeness (QED) is 0.798. The molecule has 0 spiro atoms. The molecule has 2 nitrogen and oxygen atoms in total. The summed E-state index contributed by atoms with van der Waals surface area (Å²) in [5.74, 6) is -0.151. The van der Waals surface area contributed by atoms with Crippen molar-refractivity contribution in [1.82, 2.24) is 5.32 Å². The van der Waals surface area contributed by atoms with Crippen LogP contribution in [-0.2, 0) is 11.2 Å². The minimum atomic E-state index is -0.151. The van der Waals surface area contributed by atoms with Crippen molar-refractivity contribution < 1.29 is 9.13 Å². The van der Waals surface area contributed by atoms with Crippen LogP contribution >= 0.6 is 0 Å². The average molecular weight is 265 g/mol. The fourth-order valence-corrected chi connectivity index (χ4v) is 2.78. The summed E-state index contributed by atoms with van der Waals surface area (Å²) in [4.78, 5) is 0. The topological polar surface area (TPSA) is 21.3 Å². The Labute approximate surface area is 115 Å². The molecule has 19 heavy (non-hydrogen) atoms. The molecule has 1 aliphatic rings. The SMILES string of the molecule is CCCNCC1(Cc2ccc(F)cc2C)CCOC1. The molecule has 3 heteroatoms. The highest BCUT2D eigenvalue weighted by Crippen LogP contribution is 2.33. The largest absolute Gasteiger partial charge is 0.381 e. The van der Waals surface area contributed by atoms with Crippen molar-refractivity contribution in [3.8, 4) is 0 Å². The third-order valence-corrected chi connectivity index (χ3v) is 3.98. The van der Waals surface area contributed by atoms with E-state index in [1.165, 1.54) is 5.56 Å². The summed E-state index contributed by atoms with van der Waals surface area (Å²) < 4.78 is 18.8. The molecule has 0 bridgehead atoms. The first-order valence-corrected chi connectivity index (χ1v) is 7.19. The van der Waals surface area contributed by atoms with E-state index in [4.69, 9.17) is 4.74 Å². The third kappa shape index (κ3) is 3.77. The zero-order chi connectivity index (χ0) is 13.7. The Balaban J connectivity index is 2.07. The van der Waals surface area contributed by atoms with E-state index in [2.05, 4.69) is 12.2 Å². The zero-order valence-electron chi connectivity index (χ0n) is 12.0. The van der Waals surface area contributed by atoms with Gasteiger partial charge in [0.05, 0.1) is 6.61 Å². The first-order chi connectivity index (χ1) is 9.15. The molecule has 1 N–H and O–H groups in total. The highest BCUT2D eigenvalue weighted by molar-refractivity contribution is 5.28. The van der Waals surface area contributed by atoms with E-state index in [1.807, 2.05) is 13.0 Å². The fraction of sp³-hybridized carbons (Fsp3) is 0.625. The van der Waals surface area contributed by atoms with E-state index in [0.29, 0.717) is 0 Å². The lowest BCUT2D eigenvalue weighted by molar-refractivity contribution is 0.149. The van der Waals surface area contributed by atoms with E-state index >= 15 is 0 Å². The summed E-state index contributed by atoms with van der Waals surface area (Å²) in [5.41, 5.74) is 2.46. The summed E-state index contributed by atoms with van der Waals surface area (Å²) >= 11 is 0. The molecule has 1 atom stereocenters. The molecule has 0 radical (unpaired) electrons. The second kappa shape index (κ2) is 6.49. The van der Waals surface area contributed by atoms with E-state index in [9.17, 15) is 4.39 Å². The number of hydrogen-bond donors (Lipinski definition) is 1. The second-order valence-corrected chi connectivity index (χ2v) is 5.73. The lowest BCUT2D eigenvalue weighted by atomic mass is 9.80. The molecule has 0 amide bonds. The van der Waals surface area contributed by atoms with Gasteiger partial charge in [-0.25, -0.2) is 4.39 Å². The Morgan fingerprint density at radius 2 is 2.26 bits per heavy atom. The predicted octanol–water partition coefficient (Wildman–Crippen LogP) is 3.08. The zero-order valence-corrected chi connectivity index (χ0v) is 12.0. The molecule has 106 valence electrons. The summed E-state index contributed by atoms with van der Waals surface area (Å²) in [6.07, 6.45) is 3.20. The Morgan fingerprint density at radius 1 is 1.42 bits per heavy atom. The highest BCUT2D eigenvalue weighted by Gasteiger charge is 2.35. The molecule has 1 aromatic carbocycles. The summed E-state index contributed by atoms with van der Waals surface area (Å²) in [6, 6.07) is 5.11. The minimum absolute atomic E-state index is 0.151. The molecule has 0 aliphatic carbocycles. The van der Waals surface area contributed by atoms with Gasteiger partial charge in [0.1, 0.15) is 5.82 Å². The van der Waals surface area contributed by atoms with Crippen molar-refractivity contribution in [1.29, 1.82) is 0 Å². The van der Waals surface area contributed by atoms with Crippen LogP contribution < -0.4 is 5.32 Å². The summed E-state index contributed by atoms with van der Waals surface area (Å²) in [7, 11) is 0.